The van der Waals surface area contributed by atoms with Gasteiger partial charge in [-0.05, 0) is 44.0 Å². The molecule has 0 aliphatic heterocycles. The predicted octanol–water partition coefficient (Wildman–Crippen LogP) is 4.87. The molecule has 0 radical (unpaired) electrons. The Morgan fingerprint density at radius 3 is 2.54 bits per heavy atom. The van der Waals surface area contributed by atoms with E-state index in [4.69, 9.17) is 9.47 Å². The number of carbonyl (C=O) groups is 1. The zero-order valence-corrected chi connectivity index (χ0v) is 15.8. The summed E-state index contributed by atoms with van der Waals surface area (Å²) in [6.07, 6.45) is 2.03. The van der Waals surface area contributed by atoms with Crippen molar-refractivity contribution in [3.63, 3.8) is 0 Å². The number of aryl methyl sites for hydroxylation is 1. The van der Waals surface area contributed by atoms with E-state index in [0.717, 1.165) is 22.4 Å². The van der Waals surface area contributed by atoms with E-state index < -0.39 is 5.60 Å². The highest BCUT2D eigenvalue weighted by Crippen LogP contribution is 2.28. The van der Waals surface area contributed by atoms with Crippen molar-refractivity contribution in [1.82, 2.24) is 4.57 Å². The summed E-state index contributed by atoms with van der Waals surface area (Å²) >= 11 is 0. The number of nitrogens with zero attached hydrogens (tertiary/aromatic N) is 1. The smallest absolute Gasteiger partial charge is 0.303 e. The van der Waals surface area contributed by atoms with E-state index in [1.807, 2.05) is 38.2 Å². The monoisotopic (exact) mass is 351 g/mol. The summed E-state index contributed by atoms with van der Waals surface area (Å²) < 4.78 is 13.5. The van der Waals surface area contributed by atoms with Crippen LogP contribution in [0.15, 0.2) is 54.7 Å². The van der Waals surface area contributed by atoms with E-state index in [2.05, 4.69) is 41.8 Å². The predicted molar refractivity (Wildman–Crippen MR) is 103 cm³/mol. The Morgan fingerprint density at radius 1 is 1.12 bits per heavy atom. The highest BCUT2D eigenvalue weighted by atomic mass is 16.6. The van der Waals surface area contributed by atoms with Gasteiger partial charge in [0.15, 0.2) is 0 Å². The molecule has 1 heterocycles. The van der Waals surface area contributed by atoms with Gasteiger partial charge in [0.05, 0.1) is 12.1 Å². The molecule has 4 nitrogen and oxygen atoms in total. The largest absolute Gasteiger partial charge is 0.489 e. The molecular weight excluding hydrogens is 326 g/mol. The Labute approximate surface area is 154 Å². The van der Waals surface area contributed by atoms with Gasteiger partial charge >= 0.3 is 5.97 Å². The van der Waals surface area contributed by atoms with Gasteiger partial charge in [-0.3, -0.25) is 4.79 Å². The maximum absolute atomic E-state index is 11.3. The molecule has 0 saturated heterocycles. The lowest BCUT2D eigenvalue weighted by molar-refractivity contribution is -0.154. The summed E-state index contributed by atoms with van der Waals surface area (Å²) in [5.74, 6) is 0.568. The first kappa shape index (κ1) is 18.1. The van der Waals surface area contributed by atoms with Crippen LogP contribution in [-0.4, -0.2) is 16.1 Å². The topological polar surface area (TPSA) is 40.5 Å². The second kappa shape index (κ2) is 7.24. The Hall–Kier alpha value is -2.75. The first-order valence-corrected chi connectivity index (χ1v) is 8.80. The number of aromatic nitrogens is 1. The third-order valence-corrected chi connectivity index (χ3v) is 4.29. The lowest BCUT2D eigenvalue weighted by atomic mass is 10.1. The van der Waals surface area contributed by atoms with E-state index in [-0.39, 0.29) is 5.97 Å². The van der Waals surface area contributed by atoms with Gasteiger partial charge in [-0.1, -0.05) is 30.3 Å². The van der Waals surface area contributed by atoms with Crippen molar-refractivity contribution in [2.45, 2.75) is 46.4 Å². The minimum atomic E-state index is -0.577. The zero-order chi connectivity index (χ0) is 18.7. The lowest BCUT2D eigenvalue weighted by Crippen LogP contribution is -2.32. The number of carbonyl (C=O) groups excluding carboxylic acids is 1. The van der Waals surface area contributed by atoms with Crippen LogP contribution in [0.25, 0.3) is 10.9 Å². The van der Waals surface area contributed by atoms with Gasteiger partial charge in [0.1, 0.15) is 18.0 Å². The van der Waals surface area contributed by atoms with Crippen LogP contribution in [0.2, 0.25) is 0 Å². The molecule has 0 saturated carbocycles. The summed E-state index contributed by atoms with van der Waals surface area (Å²) in [4.78, 5) is 11.3. The molecule has 0 aliphatic carbocycles. The molecule has 0 unspecified atom stereocenters. The second-order valence-corrected chi connectivity index (χ2v) is 7.24. The molecule has 0 atom stereocenters. The maximum Gasteiger partial charge on any atom is 0.303 e. The van der Waals surface area contributed by atoms with E-state index >= 15 is 0 Å². The standard InChI is InChI=1S/C22H25NO3/c1-16-12-19(25-14-18-8-6-5-7-9-18)13-21-20(16)10-11-23(21)15-22(3,4)26-17(2)24/h5-13H,14-15H2,1-4H3. The summed E-state index contributed by atoms with van der Waals surface area (Å²) in [6, 6.07) is 16.3. The second-order valence-electron chi connectivity index (χ2n) is 7.24. The van der Waals surface area contributed by atoms with E-state index in [1.54, 1.807) is 0 Å². The first-order valence-electron chi connectivity index (χ1n) is 8.80. The van der Waals surface area contributed by atoms with Gasteiger partial charge in [-0.25, -0.2) is 0 Å². The van der Waals surface area contributed by atoms with E-state index in [0.29, 0.717) is 13.2 Å². The highest BCUT2D eigenvalue weighted by Gasteiger charge is 2.23. The molecule has 136 valence electrons. The van der Waals surface area contributed by atoms with Crippen LogP contribution in [0.1, 0.15) is 31.9 Å². The molecule has 26 heavy (non-hydrogen) atoms. The molecule has 0 bridgehead atoms. The number of benzene rings is 2. The maximum atomic E-state index is 11.3. The quantitative estimate of drug-likeness (QED) is 0.595. The fourth-order valence-corrected chi connectivity index (χ4v) is 3.24. The molecule has 0 amide bonds. The van der Waals surface area contributed by atoms with Gasteiger partial charge < -0.3 is 14.0 Å². The molecule has 4 heteroatoms. The minimum Gasteiger partial charge on any atom is -0.489 e. The average molecular weight is 351 g/mol. The minimum absolute atomic E-state index is 0.269. The molecule has 3 rings (SSSR count). The normalized spacial score (nSPS) is 11.5. The van der Waals surface area contributed by atoms with Crippen molar-refractivity contribution in [3.05, 3.63) is 65.9 Å². The van der Waals surface area contributed by atoms with Crippen LogP contribution in [0.5, 0.6) is 5.75 Å². The van der Waals surface area contributed by atoms with Gasteiger partial charge in [-0.15, -0.1) is 0 Å². The molecule has 0 N–H and O–H groups in total. The van der Waals surface area contributed by atoms with Crippen molar-refractivity contribution in [3.8, 4) is 5.75 Å². The molecule has 0 aliphatic rings. The molecule has 1 aromatic heterocycles. The third kappa shape index (κ3) is 4.26. The fourth-order valence-electron chi connectivity index (χ4n) is 3.24. The van der Waals surface area contributed by atoms with Crippen molar-refractivity contribution in [2.24, 2.45) is 0 Å². The number of hydrogen-bond donors (Lipinski definition) is 0. The van der Waals surface area contributed by atoms with Crippen molar-refractivity contribution in [2.75, 3.05) is 0 Å². The number of esters is 1. The van der Waals surface area contributed by atoms with E-state index in [1.165, 1.54) is 12.3 Å². The molecular formula is C22H25NO3. The van der Waals surface area contributed by atoms with Gasteiger partial charge in [-0.2, -0.15) is 0 Å². The Morgan fingerprint density at radius 2 is 1.85 bits per heavy atom. The Bertz CT molecular complexity index is 910. The van der Waals surface area contributed by atoms with Crippen LogP contribution in [-0.2, 0) is 22.7 Å². The van der Waals surface area contributed by atoms with Crippen molar-refractivity contribution >= 4 is 16.9 Å². The van der Waals surface area contributed by atoms with Crippen LogP contribution in [0.3, 0.4) is 0 Å². The number of hydrogen-bond acceptors (Lipinski definition) is 3. The lowest BCUT2D eigenvalue weighted by Gasteiger charge is -2.25. The fraction of sp³-hybridized carbons (Fsp3) is 0.318. The number of rotatable bonds is 6. The SMILES string of the molecule is CC(=O)OC(C)(C)Cn1ccc2c(C)cc(OCc3ccccc3)cc21. The number of fused-ring (bicyclic) bond motifs is 1. The number of ether oxygens (including phenoxy) is 2. The van der Waals surface area contributed by atoms with Gasteiger partial charge in [0, 0.05) is 24.6 Å². The molecule has 3 aromatic rings. The molecule has 0 spiro atoms. The third-order valence-electron chi connectivity index (χ3n) is 4.29. The van der Waals surface area contributed by atoms with Gasteiger partial charge in [0.2, 0.25) is 0 Å². The summed E-state index contributed by atoms with van der Waals surface area (Å²) in [6.45, 7) is 8.48. The zero-order valence-electron chi connectivity index (χ0n) is 15.8. The molecule has 2 aromatic carbocycles. The van der Waals surface area contributed by atoms with Gasteiger partial charge in [0.25, 0.3) is 0 Å². The first-order chi connectivity index (χ1) is 12.3. The Balaban J connectivity index is 1.85. The van der Waals surface area contributed by atoms with E-state index in [9.17, 15) is 4.79 Å². The summed E-state index contributed by atoms with van der Waals surface area (Å²) in [5.41, 5.74) is 2.80. The Kier molecular flexibility index (Phi) is 5.03. The summed E-state index contributed by atoms with van der Waals surface area (Å²) in [5, 5.41) is 1.18. The van der Waals surface area contributed by atoms with Crippen molar-refractivity contribution in [1.29, 1.82) is 0 Å². The van der Waals surface area contributed by atoms with Crippen LogP contribution in [0, 0.1) is 6.92 Å². The van der Waals surface area contributed by atoms with Crippen molar-refractivity contribution < 1.29 is 14.3 Å². The highest BCUT2D eigenvalue weighted by molar-refractivity contribution is 5.85. The summed E-state index contributed by atoms with van der Waals surface area (Å²) in [7, 11) is 0. The van der Waals surface area contributed by atoms with Crippen LogP contribution >= 0.6 is 0 Å². The molecule has 0 fully saturated rings. The van der Waals surface area contributed by atoms with Crippen LogP contribution < -0.4 is 4.74 Å². The van der Waals surface area contributed by atoms with Crippen LogP contribution in [0.4, 0.5) is 0 Å². The average Bonchev–Trinajstić information content (AvgIpc) is 2.95.